The van der Waals surface area contributed by atoms with Gasteiger partial charge in [-0.25, -0.2) is 0 Å². The van der Waals surface area contributed by atoms with Gasteiger partial charge in [-0.2, -0.15) is 0 Å². The molecule has 0 aliphatic heterocycles. The van der Waals surface area contributed by atoms with E-state index in [-0.39, 0.29) is 0 Å². The molecular weight excluding hydrogens is 516 g/mol. The van der Waals surface area contributed by atoms with Crippen LogP contribution < -0.4 is 0 Å². The van der Waals surface area contributed by atoms with Crippen LogP contribution >= 0.6 is 0 Å². The van der Waals surface area contributed by atoms with Crippen molar-refractivity contribution in [2.24, 2.45) is 0 Å². The first-order valence-corrected chi connectivity index (χ1v) is 15.3. The van der Waals surface area contributed by atoms with E-state index in [0.717, 1.165) is 6.42 Å². The van der Waals surface area contributed by atoms with E-state index in [1.807, 2.05) is 0 Å². The van der Waals surface area contributed by atoms with Gasteiger partial charge in [0.1, 0.15) is 0 Å². The molecule has 1 atom stereocenters. The molecule has 0 spiro atoms. The summed E-state index contributed by atoms with van der Waals surface area (Å²) in [7, 11) is 0. The van der Waals surface area contributed by atoms with Crippen LogP contribution in [0.15, 0.2) is 157 Å². The van der Waals surface area contributed by atoms with Crippen LogP contribution in [0.2, 0.25) is 0 Å². The molecule has 0 heterocycles. The Hall–Kier alpha value is -5.20. The summed E-state index contributed by atoms with van der Waals surface area (Å²) in [4.78, 5) is 0. The average Bonchev–Trinajstić information content (AvgIpc) is 3.47. The van der Waals surface area contributed by atoms with E-state index < -0.39 is 0 Å². The number of rotatable bonds is 5. The second-order valence-electron chi connectivity index (χ2n) is 11.5. The van der Waals surface area contributed by atoms with Gasteiger partial charge >= 0.3 is 0 Å². The van der Waals surface area contributed by atoms with Gasteiger partial charge in [0.25, 0.3) is 0 Å². The molecule has 1 unspecified atom stereocenters. The second-order valence-corrected chi connectivity index (χ2v) is 11.5. The zero-order valence-electron chi connectivity index (χ0n) is 24.3. The van der Waals surface area contributed by atoms with Crippen molar-refractivity contribution in [2.45, 2.75) is 19.3 Å². The molecule has 0 radical (unpaired) electrons. The van der Waals surface area contributed by atoms with E-state index >= 15 is 0 Å². The third-order valence-corrected chi connectivity index (χ3v) is 9.17. The van der Waals surface area contributed by atoms with Crippen LogP contribution in [0, 0.1) is 0 Å². The lowest BCUT2D eigenvalue weighted by molar-refractivity contribution is 0.908. The molecule has 0 aromatic heterocycles. The lowest BCUT2D eigenvalue weighted by atomic mass is 9.84. The van der Waals surface area contributed by atoms with Crippen molar-refractivity contribution in [1.29, 1.82) is 0 Å². The topological polar surface area (TPSA) is 0 Å². The van der Waals surface area contributed by atoms with Gasteiger partial charge < -0.3 is 0 Å². The molecule has 0 saturated heterocycles. The summed E-state index contributed by atoms with van der Waals surface area (Å²) in [6.45, 7) is 2.27. The Morgan fingerprint density at radius 3 is 1.42 bits per heavy atom. The molecule has 43 heavy (non-hydrogen) atoms. The lowest BCUT2D eigenvalue weighted by Crippen LogP contribution is -2.01. The number of hydrogen-bond acceptors (Lipinski definition) is 0. The first kappa shape index (κ1) is 25.5. The smallest absolute Gasteiger partial charge is 0.0308 e. The zero-order chi connectivity index (χ0) is 28.8. The molecule has 7 aromatic rings. The van der Waals surface area contributed by atoms with Gasteiger partial charge in [0.05, 0.1) is 0 Å². The SMILES string of the molecule is CCC1=Cc2ccccc2C1c1ccc(-c2c3ccccc3c(-c3ccc(-c4ccccc4)cc3)c3ccccc23)cc1. The summed E-state index contributed by atoms with van der Waals surface area (Å²) in [6, 6.07) is 55.7. The number of allylic oxidation sites excluding steroid dienone is 1. The minimum Gasteiger partial charge on any atom is -0.0622 e. The molecule has 8 rings (SSSR count). The molecule has 0 bridgehead atoms. The van der Waals surface area contributed by atoms with Crippen molar-refractivity contribution in [3.05, 3.63) is 174 Å². The standard InChI is InChI=1S/C43H32/c1-2-29-28-35-14-6-7-15-36(35)41(29)32-24-26-34(27-25-32)43-39-18-10-8-16-37(39)42(38-17-9-11-19-40(38)43)33-22-20-31(21-23-33)30-12-4-3-5-13-30/h3-28,41H,2H2,1H3. The quantitative estimate of drug-likeness (QED) is 0.188. The lowest BCUT2D eigenvalue weighted by Gasteiger charge is -2.20. The Morgan fingerprint density at radius 1 is 0.419 bits per heavy atom. The van der Waals surface area contributed by atoms with Crippen LogP contribution in [-0.4, -0.2) is 0 Å². The molecule has 0 fully saturated rings. The normalized spacial score (nSPS) is 14.2. The molecule has 1 aliphatic rings. The van der Waals surface area contributed by atoms with Gasteiger partial charge in [-0.3, -0.25) is 0 Å². The fraction of sp³-hybridized carbons (Fsp3) is 0.0698. The van der Waals surface area contributed by atoms with Crippen molar-refractivity contribution in [1.82, 2.24) is 0 Å². The fourth-order valence-corrected chi connectivity index (χ4v) is 7.14. The van der Waals surface area contributed by atoms with Gasteiger partial charge in [-0.1, -0.05) is 170 Å². The molecule has 0 amide bonds. The third-order valence-electron chi connectivity index (χ3n) is 9.17. The summed E-state index contributed by atoms with van der Waals surface area (Å²) >= 11 is 0. The second kappa shape index (κ2) is 10.6. The molecule has 1 aliphatic carbocycles. The minimum absolute atomic E-state index is 0.338. The molecule has 0 nitrogen and oxygen atoms in total. The number of hydrogen-bond donors (Lipinski definition) is 0. The van der Waals surface area contributed by atoms with Crippen LogP contribution in [0.3, 0.4) is 0 Å². The van der Waals surface area contributed by atoms with Gasteiger partial charge in [0.2, 0.25) is 0 Å². The Kier molecular flexibility index (Phi) is 6.27. The van der Waals surface area contributed by atoms with Crippen molar-refractivity contribution in [2.75, 3.05) is 0 Å². The van der Waals surface area contributed by atoms with Crippen LogP contribution in [0.25, 0.3) is 61.0 Å². The van der Waals surface area contributed by atoms with Gasteiger partial charge in [0, 0.05) is 5.92 Å². The predicted molar refractivity (Wildman–Crippen MR) is 184 cm³/mol. The highest BCUT2D eigenvalue weighted by molar-refractivity contribution is 6.21. The molecule has 0 heteroatoms. The van der Waals surface area contributed by atoms with E-state index in [4.69, 9.17) is 0 Å². The highest BCUT2D eigenvalue weighted by Gasteiger charge is 2.25. The van der Waals surface area contributed by atoms with E-state index in [1.54, 1.807) is 0 Å². The van der Waals surface area contributed by atoms with Crippen LogP contribution in [0.5, 0.6) is 0 Å². The van der Waals surface area contributed by atoms with Crippen LogP contribution in [0.4, 0.5) is 0 Å². The zero-order valence-corrected chi connectivity index (χ0v) is 24.3. The fourth-order valence-electron chi connectivity index (χ4n) is 7.14. The maximum absolute atomic E-state index is 2.39. The molecule has 0 saturated carbocycles. The number of benzene rings is 7. The Bertz CT molecular complexity index is 2070. The number of fused-ring (bicyclic) bond motifs is 3. The largest absolute Gasteiger partial charge is 0.0622 e. The summed E-state index contributed by atoms with van der Waals surface area (Å²) in [5, 5.41) is 5.15. The maximum atomic E-state index is 2.39. The first-order chi connectivity index (χ1) is 21.3. The Labute approximate surface area is 253 Å². The van der Waals surface area contributed by atoms with Crippen LogP contribution in [0.1, 0.15) is 36.0 Å². The van der Waals surface area contributed by atoms with Crippen LogP contribution in [-0.2, 0) is 0 Å². The maximum Gasteiger partial charge on any atom is 0.0308 e. The Morgan fingerprint density at radius 2 is 0.860 bits per heavy atom. The Balaban J connectivity index is 1.27. The highest BCUT2D eigenvalue weighted by Crippen LogP contribution is 2.46. The summed E-state index contributed by atoms with van der Waals surface area (Å²) in [5.74, 6) is 0.338. The molecule has 204 valence electrons. The highest BCUT2D eigenvalue weighted by atomic mass is 14.3. The molecular formula is C43H32. The van der Waals surface area contributed by atoms with E-state index in [1.165, 1.54) is 77.2 Å². The first-order valence-electron chi connectivity index (χ1n) is 15.3. The van der Waals surface area contributed by atoms with Gasteiger partial charge in [-0.15, -0.1) is 0 Å². The molecule has 0 N–H and O–H groups in total. The minimum atomic E-state index is 0.338. The van der Waals surface area contributed by atoms with Crippen molar-refractivity contribution in [3.63, 3.8) is 0 Å². The van der Waals surface area contributed by atoms with Gasteiger partial charge in [-0.05, 0) is 78.0 Å². The van der Waals surface area contributed by atoms with Gasteiger partial charge in [0.15, 0.2) is 0 Å². The summed E-state index contributed by atoms with van der Waals surface area (Å²) < 4.78 is 0. The molecule has 7 aromatic carbocycles. The third kappa shape index (κ3) is 4.30. The summed E-state index contributed by atoms with van der Waals surface area (Å²) in [5.41, 5.74) is 13.2. The van der Waals surface area contributed by atoms with Crippen molar-refractivity contribution >= 4 is 27.6 Å². The average molecular weight is 549 g/mol. The van der Waals surface area contributed by atoms with Crippen molar-refractivity contribution in [3.8, 4) is 33.4 Å². The van der Waals surface area contributed by atoms with Crippen molar-refractivity contribution < 1.29 is 0 Å². The monoisotopic (exact) mass is 548 g/mol. The summed E-state index contributed by atoms with van der Waals surface area (Å²) in [6.07, 6.45) is 3.45. The van der Waals surface area contributed by atoms with E-state index in [0.29, 0.717) is 5.92 Å². The van der Waals surface area contributed by atoms with E-state index in [2.05, 4.69) is 165 Å². The predicted octanol–water partition coefficient (Wildman–Crippen LogP) is 11.9. The van der Waals surface area contributed by atoms with E-state index in [9.17, 15) is 0 Å².